The molecule has 0 saturated heterocycles. The van der Waals surface area contributed by atoms with Crippen molar-refractivity contribution in [3.63, 3.8) is 0 Å². The number of fused-ring (bicyclic) bond motifs is 1. The zero-order chi connectivity index (χ0) is 13.2. The minimum atomic E-state index is -0.301. The van der Waals surface area contributed by atoms with E-state index in [1.165, 1.54) is 0 Å². The Morgan fingerprint density at radius 2 is 1.63 bits per heavy atom. The normalized spacial score (nSPS) is 10.5. The molecule has 0 unspecified atom stereocenters. The summed E-state index contributed by atoms with van der Waals surface area (Å²) in [4.78, 5) is 30.8. The largest absolute Gasteiger partial charge is 0.303 e. The Hall–Kier alpha value is -2.75. The fourth-order valence-corrected chi connectivity index (χ4v) is 1.92. The average molecular weight is 250 g/mol. The molecule has 4 heteroatoms. The van der Waals surface area contributed by atoms with Crippen LogP contribution in [0.5, 0.6) is 0 Å². The highest BCUT2D eigenvalue weighted by atomic mass is 16.1. The van der Waals surface area contributed by atoms with Gasteiger partial charge in [-0.05, 0) is 12.1 Å². The quantitative estimate of drug-likeness (QED) is 0.709. The van der Waals surface area contributed by atoms with E-state index < -0.39 is 0 Å². The molecule has 0 spiro atoms. The van der Waals surface area contributed by atoms with Gasteiger partial charge < -0.3 is 4.98 Å². The third-order valence-electron chi connectivity index (χ3n) is 2.86. The lowest BCUT2D eigenvalue weighted by Crippen LogP contribution is -2.16. The SMILES string of the molecule is O=C(c1ccccc1)c1nc2ccccc2c(=O)[nH]1. The summed E-state index contributed by atoms with van der Waals surface area (Å²) < 4.78 is 0. The van der Waals surface area contributed by atoms with E-state index in [0.29, 0.717) is 16.5 Å². The molecule has 0 atom stereocenters. The maximum Gasteiger partial charge on any atom is 0.259 e. The van der Waals surface area contributed by atoms with Gasteiger partial charge in [-0.2, -0.15) is 0 Å². The van der Waals surface area contributed by atoms with Gasteiger partial charge in [-0.1, -0.05) is 42.5 Å². The standard InChI is InChI=1S/C15H10N2O2/c18-13(10-6-2-1-3-7-10)14-16-12-9-5-4-8-11(12)15(19)17-14/h1-9H,(H,16,17,19). The molecule has 19 heavy (non-hydrogen) atoms. The van der Waals surface area contributed by atoms with Crippen molar-refractivity contribution in [1.82, 2.24) is 9.97 Å². The second-order valence-electron chi connectivity index (χ2n) is 4.13. The van der Waals surface area contributed by atoms with E-state index in [9.17, 15) is 9.59 Å². The Morgan fingerprint density at radius 1 is 0.947 bits per heavy atom. The summed E-state index contributed by atoms with van der Waals surface area (Å²) in [7, 11) is 0. The lowest BCUT2D eigenvalue weighted by molar-refractivity contribution is 0.102. The Bertz CT molecular complexity index is 807. The van der Waals surface area contributed by atoms with Gasteiger partial charge in [-0.3, -0.25) is 9.59 Å². The van der Waals surface area contributed by atoms with Crippen LogP contribution in [0.4, 0.5) is 0 Å². The Balaban J connectivity index is 2.17. The summed E-state index contributed by atoms with van der Waals surface area (Å²) >= 11 is 0. The topological polar surface area (TPSA) is 62.8 Å². The minimum Gasteiger partial charge on any atom is -0.303 e. The number of nitrogens with one attached hydrogen (secondary N) is 1. The highest BCUT2D eigenvalue weighted by Crippen LogP contribution is 2.09. The molecule has 0 bridgehead atoms. The van der Waals surface area contributed by atoms with Crippen LogP contribution in [0.1, 0.15) is 16.2 Å². The number of hydrogen-bond acceptors (Lipinski definition) is 3. The number of ketones is 1. The molecule has 0 aliphatic rings. The molecule has 1 aromatic heterocycles. The Morgan fingerprint density at radius 3 is 2.42 bits per heavy atom. The first kappa shape index (κ1) is 11.3. The fourth-order valence-electron chi connectivity index (χ4n) is 1.92. The monoisotopic (exact) mass is 250 g/mol. The van der Waals surface area contributed by atoms with Gasteiger partial charge in [0.25, 0.3) is 5.56 Å². The second kappa shape index (κ2) is 4.49. The van der Waals surface area contributed by atoms with Crippen LogP contribution in [0.25, 0.3) is 10.9 Å². The second-order valence-corrected chi connectivity index (χ2v) is 4.13. The molecule has 92 valence electrons. The van der Waals surface area contributed by atoms with E-state index >= 15 is 0 Å². The number of carbonyl (C=O) groups excluding carboxylic acids is 1. The van der Waals surface area contributed by atoms with Crippen molar-refractivity contribution in [2.24, 2.45) is 0 Å². The van der Waals surface area contributed by atoms with Crippen molar-refractivity contribution in [3.8, 4) is 0 Å². The average Bonchev–Trinajstić information content (AvgIpc) is 2.47. The Labute approximate surface area is 108 Å². The van der Waals surface area contributed by atoms with Gasteiger partial charge in [0.15, 0.2) is 5.82 Å². The van der Waals surface area contributed by atoms with E-state index in [4.69, 9.17) is 0 Å². The molecule has 4 nitrogen and oxygen atoms in total. The van der Waals surface area contributed by atoms with Crippen molar-refractivity contribution in [1.29, 1.82) is 0 Å². The van der Waals surface area contributed by atoms with Crippen molar-refractivity contribution >= 4 is 16.7 Å². The van der Waals surface area contributed by atoms with Crippen LogP contribution in [0.15, 0.2) is 59.4 Å². The predicted molar refractivity (Wildman–Crippen MR) is 72.2 cm³/mol. The van der Waals surface area contributed by atoms with E-state index in [2.05, 4.69) is 9.97 Å². The zero-order valence-corrected chi connectivity index (χ0v) is 9.96. The predicted octanol–water partition coefficient (Wildman–Crippen LogP) is 2.15. The molecule has 3 rings (SSSR count). The van der Waals surface area contributed by atoms with Gasteiger partial charge in [-0.15, -0.1) is 0 Å². The lowest BCUT2D eigenvalue weighted by Gasteiger charge is -2.02. The van der Waals surface area contributed by atoms with Gasteiger partial charge >= 0.3 is 0 Å². The van der Waals surface area contributed by atoms with E-state index in [-0.39, 0.29) is 17.2 Å². The van der Waals surface area contributed by atoms with Crippen LogP contribution in [0.2, 0.25) is 0 Å². The number of aromatic nitrogens is 2. The van der Waals surface area contributed by atoms with E-state index in [0.717, 1.165) is 0 Å². The molecule has 0 amide bonds. The minimum absolute atomic E-state index is 0.0647. The molecule has 2 aromatic carbocycles. The highest BCUT2D eigenvalue weighted by molar-refractivity contribution is 6.07. The summed E-state index contributed by atoms with van der Waals surface area (Å²) in [6.07, 6.45) is 0. The van der Waals surface area contributed by atoms with Gasteiger partial charge in [0, 0.05) is 5.56 Å². The maximum atomic E-state index is 12.2. The van der Waals surface area contributed by atoms with Crippen LogP contribution in [-0.2, 0) is 0 Å². The fraction of sp³-hybridized carbons (Fsp3) is 0. The first-order chi connectivity index (χ1) is 9.25. The molecule has 0 aliphatic carbocycles. The summed E-state index contributed by atoms with van der Waals surface area (Å²) in [5.74, 6) is -0.224. The molecular weight excluding hydrogens is 240 g/mol. The molecular formula is C15H10N2O2. The summed E-state index contributed by atoms with van der Waals surface area (Å²) in [5, 5.41) is 0.479. The van der Waals surface area contributed by atoms with Gasteiger partial charge in [0.2, 0.25) is 5.78 Å². The van der Waals surface area contributed by atoms with Crippen LogP contribution in [-0.4, -0.2) is 15.8 Å². The molecule has 1 N–H and O–H groups in total. The third kappa shape index (κ3) is 2.04. The molecule has 1 heterocycles. The van der Waals surface area contributed by atoms with E-state index in [1.54, 1.807) is 48.5 Å². The first-order valence-electron chi connectivity index (χ1n) is 5.84. The van der Waals surface area contributed by atoms with Crippen molar-refractivity contribution in [2.75, 3.05) is 0 Å². The third-order valence-corrected chi connectivity index (χ3v) is 2.86. The Kier molecular flexibility index (Phi) is 2.68. The van der Waals surface area contributed by atoms with Gasteiger partial charge in [0.05, 0.1) is 10.9 Å². The molecule has 0 saturated carbocycles. The van der Waals surface area contributed by atoms with Gasteiger partial charge in [0.1, 0.15) is 0 Å². The first-order valence-corrected chi connectivity index (χ1v) is 5.84. The molecule has 0 fully saturated rings. The van der Waals surface area contributed by atoms with Crippen molar-refractivity contribution in [3.05, 3.63) is 76.3 Å². The van der Waals surface area contributed by atoms with Crippen LogP contribution < -0.4 is 5.56 Å². The molecule has 3 aromatic rings. The highest BCUT2D eigenvalue weighted by Gasteiger charge is 2.12. The number of hydrogen-bond donors (Lipinski definition) is 1. The van der Waals surface area contributed by atoms with Crippen molar-refractivity contribution in [2.45, 2.75) is 0 Å². The number of rotatable bonds is 2. The summed E-state index contributed by atoms with van der Waals surface area (Å²) in [5.41, 5.74) is 0.719. The number of aromatic amines is 1. The van der Waals surface area contributed by atoms with E-state index in [1.807, 2.05) is 6.07 Å². The number of benzene rings is 2. The van der Waals surface area contributed by atoms with Crippen LogP contribution >= 0.6 is 0 Å². The maximum absolute atomic E-state index is 12.2. The lowest BCUT2D eigenvalue weighted by atomic mass is 10.1. The van der Waals surface area contributed by atoms with Crippen LogP contribution in [0.3, 0.4) is 0 Å². The smallest absolute Gasteiger partial charge is 0.259 e. The van der Waals surface area contributed by atoms with Crippen LogP contribution in [0, 0.1) is 0 Å². The number of H-pyrrole nitrogens is 1. The summed E-state index contributed by atoms with van der Waals surface area (Å²) in [6.45, 7) is 0. The molecule has 0 radical (unpaired) electrons. The van der Waals surface area contributed by atoms with Crippen molar-refractivity contribution < 1.29 is 4.79 Å². The summed E-state index contributed by atoms with van der Waals surface area (Å²) in [6, 6.07) is 15.7. The number of carbonyl (C=O) groups is 1. The molecule has 0 aliphatic heterocycles. The number of nitrogens with zero attached hydrogens (tertiary/aromatic N) is 1. The zero-order valence-electron chi connectivity index (χ0n) is 9.96. The number of para-hydroxylation sites is 1. The van der Waals surface area contributed by atoms with Gasteiger partial charge in [-0.25, -0.2) is 4.98 Å².